The summed E-state index contributed by atoms with van der Waals surface area (Å²) in [6.07, 6.45) is 2.17. The van der Waals surface area contributed by atoms with E-state index in [-0.39, 0.29) is 11.5 Å². The van der Waals surface area contributed by atoms with E-state index < -0.39 is 23.1 Å². The highest BCUT2D eigenvalue weighted by Crippen LogP contribution is 2.28. The van der Waals surface area contributed by atoms with Crippen LogP contribution in [-0.4, -0.2) is 39.2 Å². The number of carboxylic acid groups (broad SMARTS) is 2. The van der Waals surface area contributed by atoms with E-state index in [4.69, 9.17) is 10.2 Å². The van der Waals surface area contributed by atoms with E-state index in [1.54, 1.807) is 36.4 Å². The van der Waals surface area contributed by atoms with E-state index in [2.05, 4.69) is 10.6 Å². The van der Waals surface area contributed by atoms with Crippen LogP contribution in [0.1, 0.15) is 23.7 Å². The standard InChI is InChI=1S/C21H20N2O6S/c1-2-17(20(27)23-14-6-3-5-13(11-14)21(28)29)30-16-8-4-7-15(12-16)22-18(24)9-10-19(25)26/h3-12,17H,2H2,1H3,(H,22,24)(H,23,27)(H,25,26)(H,28,29)/b10-9+. The lowest BCUT2D eigenvalue weighted by atomic mass is 10.2. The normalized spacial score (nSPS) is 11.6. The van der Waals surface area contributed by atoms with Gasteiger partial charge in [0.05, 0.1) is 10.8 Å². The minimum atomic E-state index is -1.22. The van der Waals surface area contributed by atoms with Crippen LogP contribution in [-0.2, 0) is 14.4 Å². The molecule has 2 amide bonds. The number of carbonyl (C=O) groups excluding carboxylic acids is 2. The molecule has 4 N–H and O–H groups in total. The summed E-state index contributed by atoms with van der Waals surface area (Å²) in [6.45, 7) is 1.85. The van der Waals surface area contributed by atoms with Gasteiger partial charge < -0.3 is 20.8 Å². The third kappa shape index (κ3) is 7.10. The summed E-state index contributed by atoms with van der Waals surface area (Å²) in [5, 5.41) is 22.5. The molecule has 1 atom stereocenters. The molecule has 0 spiro atoms. The zero-order valence-corrected chi connectivity index (χ0v) is 16.8. The number of anilines is 2. The molecular formula is C21H20N2O6S. The molecule has 1 unspecified atom stereocenters. The highest BCUT2D eigenvalue weighted by atomic mass is 32.2. The maximum atomic E-state index is 12.6. The summed E-state index contributed by atoms with van der Waals surface area (Å²) in [5.74, 6) is -3.16. The molecule has 30 heavy (non-hydrogen) atoms. The Morgan fingerprint density at radius 3 is 2.27 bits per heavy atom. The van der Waals surface area contributed by atoms with Crippen molar-refractivity contribution in [3.63, 3.8) is 0 Å². The molecule has 0 saturated heterocycles. The second-order valence-corrected chi connectivity index (χ2v) is 7.35. The van der Waals surface area contributed by atoms with Crippen LogP contribution in [0, 0.1) is 0 Å². The van der Waals surface area contributed by atoms with Gasteiger partial charge in [0.15, 0.2) is 0 Å². The van der Waals surface area contributed by atoms with Gasteiger partial charge in [-0.25, -0.2) is 9.59 Å². The van der Waals surface area contributed by atoms with Crippen molar-refractivity contribution < 1.29 is 29.4 Å². The minimum Gasteiger partial charge on any atom is -0.478 e. The molecule has 0 radical (unpaired) electrons. The summed E-state index contributed by atoms with van der Waals surface area (Å²) in [5.41, 5.74) is 0.934. The van der Waals surface area contributed by atoms with Crippen LogP contribution >= 0.6 is 11.8 Å². The zero-order chi connectivity index (χ0) is 22.1. The Morgan fingerprint density at radius 2 is 1.63 bits per heavy atom. The maximum absolute atomic E-state index is 12.6. The van der Waals surface area contributed by atoms with Gasteiger partial charge in [-0.1, -0.05) is 19.1 Å². The number of amides is 2. The number of thioether (sulfide) groups is 1. The highest BCUT2D eigenvalue weighted by molar-refractivity contribution is 8.00. The monoisotopic (exact) mass is 428 g/mol. The van der Waals surface area contributed by atoms with E-state index in [1.807, 2.05) is 6.92 Å². The van der Waals surface area contributed by atoms with E-state index in [1.165, 1.54) is 23.9 Å². The first kappa shape index (κ1) is 22.7. The Bertz CT molecular complexity index is 989. The first-order valence-corrected chi connectivity index (χ1v) is 9.79. The van der Waals surface area contributed by atoms with E-state index in [0.29, 0.717) is 17.8 Å². The Hall–Kier alpha value is -3.59. The van der Waals surface area contributed by atoms with Crippen molar-refractivity contribution in [1.82, 2.24) is 0 Å². The molecule has 2 aromatic rings. The average molecular weight is 428 g/mol. The first-order chi connectivity index (χ1) is 14.3. The van der Waals surface area contributed by atoms with Gasteiger partial charge in [0.25, 0.3) is 0 Å². The van der Waals surface area contributed by atoms with Gasteiger partial charge in [-0.3, -0.25) is 9.59 Å². The molecule has 8 nitrogen and oxygen atoms in total. The fraction of sp³-hybridized carbons (Fsp3) is 0.143. The SMILES string of the molecule is CCC(Sc1cccc(NC(=O)/C=C/C(=O)O)c1)C(=O)Nc1cccc(C(=O)O)c1. The van der Waals surface area contributed by atoms with Gasteiger partial charge in [0.1, 0.15) is 0 Å². The van der Waals surface area contributed by atoms with E-state index in [0.717, 1.165) is 17.0 Å². The number of rotatable bonds is 9. The van der Waals surface area contributed by atoms with Crippen LogP contribution < -0.4 is 10.6 Å². The van der Waals surface area contributed by atoms with Crippen LogP contribution in [0.3, 0.4) is 0 Å². The van der Waals surface area contributed by atoms with Crippen LogP contribution in [0.5, 0.6) is 0 Å². The predicted molar refractivity (Wildman–Crippen MR) is 114 cm³/mol. The van der Waals surface area contributed by atoms with E-state index >= 15 is 0 Å². The molecule has 0 aliphatic heterocycles. The molecule has 0 aliphatic rings. The summed E-state index contributed by atoms with van der Waals surface area (Å²) in [6, 6.07) is 12.8. The number of carbonyl (C=O) groups is 4. The van der Waals surface area contributed by atoms with Crippen molar-refractivity contribution in [2.75, 3.05) is 10.6 Å². The quantitative estimate of drug-likeness (QED) is 0.355. The zero-order valence-electron chi connectivity index (χ0n) is 16.0. The predicted octanol–water partition coefficient (Wildman–Crippen LogP) is 3.47. The van der Waals surface area contributed by atoms with Gasteiger partial charge in [0.2, 0.25) is 11.8 Å². The van der Waals surface area contributed by atoms with Crippen molar-refractivity contribution in [1.29, 1.82) is 0 Å². The molecule has 0 bridgehead atoms. The largest absolute Gasteiger partial charge is 0.478 e. The highest BCUT2D eigenvalue weighted by Gasteiger charge is 2.19. The molecule has 0 fully saturated rings. The van der Waals surface area contributed by atoms with Crippen molar-refractivity contribution in [3.05, 3.63) is 66.2 Å². The Morgan fingerprint density at radius 1 is 0.967 bits per heavy atom. The van der Waals surface area contributed by atoms with Gasteiger partial charge in [-0.05, 0) is 42.8 Å². The summed E-state index contributed by atoms with van der Waals surface area (Å²) in [7, 11) is 0. The van der Waals surface area contributed by atoms with Crippen LogP contribution in [0.25, 0.3) is 0 Å². The Balaban J connectivity index is 2.05. The second kappa shape index (κ2) is 10.8. The lowest BCUT2D eigenvalue weighted by Crippen LogP contribution is -2.24. The van der Waals surface area contributed by atoms with Gasteiger partial charge in [-0.2, -0.15) is 0 Å². The lowest BCUT2D eigenvalue weighted by Gasteiger charge is -2.15. The first-order valence-electron chi connectivity index (χ1n) is 8.91. The molecule has 0 aliphatic carbocycles. The van der Waals surface area contributed by atoms with Gasteiger partial charge in [-0.15, -0.1) is 11.8 Å². The van der Waals surface area contributed by atoms with Crippen molar-refractivity contribution in [2.24, 2.45) is 0 Å². The third-order valence-electron chi connectivity index (χ3n) is 3.80. The van der Waals surface area contributed by atoms with Crippen LogP contribution in [0.15, 0.2) is 65.6 Å². The second-order valence-electron chi connectivity index (χ2n) is 6.08. The smallest absolute Gasteiger partial charge is 0.335 e. The summed E-state index contributed by atoms with van der Waals surface area (Å²) >= 11 is 1.29. The lowest BCUT2D eigenvalue weighted by molar-refractivity contribution is -0.131. The van der Waals surface area contributed by atoms with Crippen molar-refractivity contribution in [2.45, 2.75) is 23.5 Å². The maximum Gasteiger partial charge on any atom is 0.335 e. The summed E-state index contributed by atoms with van der Waals surface area (Å²) in [4.78, 5) is 46.6. The molecule has 0 saturated carbocycles. The third-order valence-corrected chi connectivity index (χ3v) is 5.16. The molecule has 2 aromatic carbocycles. The molecular weight excluding hydrogens is 408 g/mol. The number of benzene rings is 2. The summed E-state index contributed by atoms with van der Waals surface area (Å²) < 4.78 is 0. The van der Waals surface area contributed by atoms with Crippen LogP contribution in [0.4, 0.5) is 11.4 Å². The van der Waals surface area contributed by atoms with Crippen molar-refractivity contribution >= 4 is 46.9 Å². The topological polar surface area (TPSA) is 133 Å². The number of hydrogen-bond donors (Lipinski definition) is 4. The number of nitrogens with one attached hydrogen (secondary N) is 2. The van der Waals surface area contributed by atoms with Gasteiger partial charge >= 0.3 is 11.9 Å². The van der Waals surface area contributed by atoms with Gasteiger partial charge in [0, 0.05) is 28.4 Å². The fourth-order valence-corrected chi connectivity index (χ4v) is 3.43. The minimum absolute atomic E-state index is 0.0777. The van der Waals surface area contributed by atoms with Crippen molar-refractivity contribution in [3.8, 4) is 0 Å². The number of aliphatic carboxylic acids is 1. The number of aromatic carboxylic acids is 1. The fourth-order valence-electron chi connectivity index (χ4n) is 2.42. The van der Waals surface area contributed by atoms with E-state index in [9.17, 15) is 19.2 Å². The molecule has 2 rings (SSSR count). The number of hydrogen-bond acceptors (Lipinski definition) is 5. The molecule has 9 heteroatoms. The van der Waals surface area contributed by atoms with Crippen LogP contribution in [0.2, 0.25) is 0 Å². The Kier molecular flexibility index (Phi) is 8.18. The average Bonchev–Trinajstić information content (AvgIpc) is 2.71. The Labute approximate surface area is 177 Å². The molecule has 0 heterocycles. The number of carboxylic acids is 2. The molecule has 156 valence electrons. The molecule has 0 aromatic heterocycles.